The Balaban J connectivity index is 2.09. The second-order valence-electron chi connectivity index (χ2n) is 6.07. The van der Waals surface area contributed by atoms with Gasteiger partial charge >= 0.3 is 0 Å². The van der Waals surface area contributed by atoms with Crippen molar-refractivity contribution in [2.75, 3.05) is 0 Å². The molecule has 1 heterocycles. The summed E-state index contributed by atoms with van der Waals surface area (Å²) in [7, 11) is 0. The van der Waals surface area contributed by atoms with Crippen molar-refractivity contribution < 1.29 is 4.79 Å². The molecule has 1 aromatic heterocycles. The third kappa shape index (κ3) is 3.92. The Kier molecular flexibility index (Phi) is 5.64. The number of halogens is 2. The molecule has 0 bridgehead atoms. The molecule has 3 rings (SSSR count). The maximum atomic E-state index is 12.8. The van der Waals surface area contributed by atoms with Gasteiger partial charge < -0.3 is 5.32 Å². The van der Waals surface area contributed by atoms with E-state index in [1.54, 1.807) is 28.9 Å². The van der Waals surface area contributed by atoms with Crippen LogP contribution < -0.4 is 5.32 Å². The predicted molar refractivity (Wildman–Crippen MR) is 106 cm³/mol. The summed E-state index contributed by atoms with van der Waals surface area (Å²) in [4.78, 5) is 12.8. The van der Waals surface area contributed by atoms with E-state index in [-0.39, 0.29) is 11.9 Å². The van der Waals surface area contributed by atoms with E-state index in [1.807, 2.05) is 44.2 Å². The van der Waals surface area contributed by atoms with Crippen LogP contribution in [0.5, 0.6) is 0 Å². The Morgan fingerprint density at radius 2 is 1.85 bits per heavy atom. The van der Waals surface area contributed by atoms with Crippen LogP contribution in [0.2, 0.25) is 10.0 Å². The van der Waals surface area contributed by atoms with Crippen molar-refractivity contribution in [1.29, 1.82) is 0 Å². The number of amides is 1. The number of aromatic nitrogens is 2. The molecule has 6 heteroatoms. The quantitative estimate of drug-likeness (QED) is 0.638. The molecule has 0 fully saturated rings. The highest BCUT2D eigenvalue weighted by Crippen LogP contribution is 2.27. The van der Waals surface area contributed by atoms with Crippen molar-refractivity contribution >= 4 is 29.1 Å². The highest BCUT2D eigenvalue weighted by Gasteiger charge is 2.19. The first-order chi connectivity index (χ1) is 12.5. The van der Waals surface area contributed by atoms with Crippen LogP contribution in [0.15, 0.2) is 54.6 Å². The zero-order chi connectivity index (χ0) is 18.7. The molecule has 0 saturated carbocycles. The summed E-state index contributed by atoms with van der Waals surface area (Å²) >= 11 is 12.2. The van der Waals surface area contributed by atoms with Crippen molar-refractivity contribution in [1.82, 2.24) is 15.1 Å². The van der Waals surface area contributed by atoms with Gasteiger partial charge in [0.15, 0.2) is 0 Å². The van der Waals surface area contributed by atoms with E-state index in [9.17, 15) is 4.79 Å². The van der Waals surface area contributed by atoms with Gasteiger partial charge in [-0.2, -0.15) is 5.10 Å². The van der Waals surface area contributed by atoms with Gasteiger partial charge in [0.2, 0.25) is 0 Å². The SMILES string of the molecule is CC[C@@H](C)NC(=O)c1cc(-c2ccccc2)nn1-c1ccc(Cl)c(Cl)c1. The third-order valence-electron chi connectivity index (χ3n) is 4.15. The highest BCUT2D eigenvalue weighted by molar-refractivity contribution is 6.42. The van der Waals surface area contributed by atoms with E-state index in [1.165, 1.54) is 0 Å². The number of hydrogen-bond donors (Lipinski definition) is 1. The van der Waals surface area contributed by atoms with Gasteiger partial charge in [0.1, 0.15) is 5.69 Å². The zero-order valence-electron chi connectivity index (χ0n) is 14.5. The summed E-state index contributed by atoms with van der Waals surface area (Å²) < 4.78 is 1.60. The first-order valence-corrected chi connectivity index (χ1v) is 9.17. The molecule has 0 radical (unpaired) electrons. The van der Waals surface area contributed by atoms with Crippen molar-refractivity contribution in [3.05, 3.63) is 70.3 Å². The van der Waals surface area contributed by atoms with Crippen LogP contribution in [0.3, 0.4) is 0 Å². The summed E-state index contributed by atoms with van der Waals surface area (Å²) in [6.45, 7) is 3.99. The fourth-order valence-electron chi connectivity index (χ4n) is 2.51. The Hall–Kier alpha value is -2.30. The molecule has 1 amide bonds. The number of carbonyl (C=O) groups excluding carboxylic acids is 1. The summed E-state index contributed by atoms with van der Waals surface area (Å²) in [6.07, 6.45) is 0.845. The molecule has 4 nitrogen and oxygen atoms in total. The maximum Gasteiger partial charge on any atom is 0.270 e. The highest BCUT2D eigenvalue weighted by atomic mass is 35.5. The molecular formula is C20H19Cl2N3O. The largest absolute Gasteiger partial charge is 0.348 e. The lowest BCUT2D eigenvalue weighted by Gasteiger charge is -2.12. The molecule has 1 atom stereocenters. The lowest BCUT2D eigenvalue weighted by atomic mass is 10.1. The predicted octanol–water partition coefficient (Wildman–Crippen LogP) is 5.37. The smallest absolute Gasteiger partial charge is 0.270 e. The lowest BCUT2D eigenvalue weighted by Crippen LogP contribution is -2.33. The Morgan fingerprint density at radius 3 is 2.50 bits per heavy atom. The molecule has 0 spiro atoms. The van der Waals surface area contributed by atoms with Crippen molar-refractivity contribution in [2.45, 2.75) is 26.3 Å². The van der Waals surface area contributed by atoms with E-state index in [0.29, 0.717) is 27.1 Å². The zero-order valence-corrected chi connectivity index (χ0v) is 16.1. The summed E-state index contributed by atoms with van der Waals surface area (Å²) in [5.41, 5.74) is 2.77. The van der Waals surface area contributed by atoms with E-state index >= 15 is 0 Å². The second kappa shape index (κ2) is 7.94. The van der Waals surface area contributed by atoms with Gasteiger partial charge in [0, 0.05) is 11.6 Å². The maximum absolute atomic E-state index is 12.8. The molecule has 0 aliphatic carbocycles. The fraction of sp³-hybridized carbons (Fsp3) is 0.200. The Bertz CT molecular complexity index is 922. The Labute approximate surface area is 162 Å². The molecule has 134 valence electrons. The molecule has 0 aliphatic heterocycles. The first-order valence-electron chi connectivity index (χ1n) is 8.41. The van der Waals surface area contributed by atoms with Gasteiger partial charge in [0.05, 0.1) is 21.4 Å². The van der Waals surface area contributed by atoms with Crippen LogP contribution in [0.4, 0.5) is 0 Å². The molecule has 2 aromatic carbocycles. The summed E-state index contributed by atoms with van der Waals surface area (Å²) in [5, 5.41) is 8.48. The number of carbonyl (C=O) groups is 1. The van der Waals surface area contributed by atoms with Gasteiger partial charge in [-0.05, 0) is 37.6 Å². The Morgan fingerprint density at radius 1 is 1.12 bits per heavy atom. The van der Waals surface area contributed by atoms with Crippen LogP contribution in [0.1, 0.15) is 30.8 Å². The van der Waals surface area contributed by atoms with Gasteiger partial charge in [-0.15, -0.1) is 0 Å². The van der Waals surface area contributed by atoms with Gasteiger partial charge in [-0.25, -0.2) is 4.68 Å². The average Bonchev–Trinajstić information content (AvgIpc) is 3.10. The van der Waals surface area contributed by atoms with Gasteiger partial charge in [-0.1, -0.05) is 60.5 Å². The molecule has 0 saturated heterocycles. The van der Waals surface area contributed by atoms with Crippen molar-refractivity contribution in [2.24, 2.45) is 0 Å². The molecule has 0 unspecified atom stereocenters. The van der Waals surface area contributed by atoms with E-state index < -0.39 is 0 Å². The van der Waals surface area contributed by atoms with E-state index in [2.05, 4.69) is 10.4 Å². The van der Waals surface area contributed by atoms with Crippen LogP contribution >= 0.6 is 23.2 Å². The minimum Gasteiger partial charge on any atom is -0.348 e. The van der Waals surface area contributed by atoms with Crippen LogP contribution in [-0.2, 0) is 0 Å². The number of hydrogen-bond acceptors (Lipinski definition) is 2. The standard InChI is InChI=1S/C20H19Cl2N3O/c1-3-13(2)23-20(26)19-12-18(14-7-5-4-6-8-14)24-25(19)15-9-10-16(21)17(22)11-15/h4-13H,3H2,1-2H3,(H,23,26)/t13-/m1/s1. The number of rotatable bonds is 5. The third-order valence-corrected chi connectivity index (χ3v) is 4.89. The van der Waals surface area contributed by atoms with E-state index in [4.69, 9.17) is 23.2 Å². The van der Waals surface area contributed by atoms with Gasteiger partial charge in [-0.3, -0.25) is 4.79 Å². The summed E-state index contributed by atoms with van der Waals surface area (Å²) in [5.74, 6) is -0.180. The molecule has 1 N–H and O–H groups in total. The average molecular weight is 388 g/mol. The van der Waals surface area contributed by atoms with Crippen LogP contribution in [-0.4, -0.2) is 21.7 Å². The van der Waals surface area contributed by atoms with E-state index in [0.717, 1.165) is 12.0 Å². The number of benzene rings is 2. The summed E-state index contributed by atoms with van der Waals surface area (Å²) in [6, 6.07) is 16.8. The van der Waals surface area contributed by atoms with Crippen LogP contribution in [0.25, 0.3) is 16.9 Å². The molecule has 0 aliphatic rings. The fourth-order valence-corrected chi connectivity index (χ4v) is 2.80. The minimum atomic E-state index is -0.180. The van der Waals surface area contributed by atoms with Gasteiger partial charge in [0.25, 0.3) is 5.91 Å². The normalized spacial score (nSPS) is 12.0. The molecular weight excluding hydrogens is 369 g/mol. The molecule has 3 aromatic rings. The second-order valence-corrected chi connectivity index (χ2v) is 6.89. The number of nitrogens with zero attached hydrogens (tertiary/aromatic N) is 2. The number of nitrogens with one attached hydrogen (secondary N) is 1. The monoisotopic (exact) mass is 387 g/mol. The first kappa shape index (κ1) is 18.5. The lowest BCUT2D eigenvalue weighted by molar-refractivity contribution is 0.0931. The molecule has 26 heavy (non-hydrogen) atoms. The topological polar surface area (TPSA) is 46.9 Å². The van der Waals surface area contributed by atoms with Crippen molar-refractivity contribution in [3.8, 4) is 16.9 Å². The van der Waals surface area contributed by atoms with Crippen molar-refractivity contribution in [3.63, 3.8) is 0 Å². The minimum absolute atomic E-state index is 0.0693. The van der Waals surface area contributed by atoms with Crippen LogP contribution in [0, 0.1) is 0 Å².